The molecule has 0 spiro atoms. The van der Waals surface area contributed by atoms with Crippen LogP contribution in [-0.2, 0) is 0 Å². The van der Waals surface area contributed by atoms with E-state index in [4.69, 9.17) is 4.42 Å². The van der Waals surface area contributed by atoms with Crippen LogP contribution in [0.3, 0.4) is 0 Å². The first-order valence-electron chi connectivity index (χ1n) is 6.02. The van der Waals surface area contributed by atoms with Gasteiger partial charge in [0.15, 0.2) is 5.58 Å². The number of nitrogens with zero attached hydrogens (tertiary/aromatic N) is 1. The van der Waals surface area contributed by atoms with E-state index in [-0.39, 0.29) is 5.82 Å². The van der Waals surface area contributed by atoms with Crippen molar-refractivity contribution in [1.29, 1.82) is 0 Å². The summed E-state index contributed by atoms with van der Waals surface area (Å²) in [6.45, 7) is 1.97. The lowest BCUT2D eigenvalue weighted by molar-refractivity contribution is 0.614. The third kappa shape index (κ3) is 2.05. The van der Waals surface area contributed by atoms with Gasteiger partial charge in [0.2, 0.25) is 5.89 Å². The molecule has 19 heavy (non-hydrogen) atoms. The molecule has 0 amide bonds. The van der Waals surface area contributed by atoms with Crippen LogP contribution in [-0.4, -0.2) is 12.0 Å². The first-order chi connectivity index (χ1) is 9.17. The lowest BCUT2D eigenvalue weighted by Crippen LogP contribution is -1.88. The molecule has 1 heterocycles. The van der Waals surface area contributed by atoms with Crippen molar-refractivity contribution >= 4 is 16.8 Å². The van der Waals surface area contributed by atoms with Gasteiger partial charge in [-0.2, -0.15) is 0 Å². The molecule has 0 fully saturated rings. The molecule has 1 N–H and O–H groups in total. The predicted molar refractivity (Wildman–Crippen MR) is 73.7 cm³/mol. The molecule has 96 valence electrons. The average molecular weight is 256 g/mol. The third-order valence-corrected chi connectivity index (χ3v) is 3.06. The smallest absolute Gasteiger partial charge is 0.227 e. The molecule has 3 rings (SSSR count). The summed E-state index contributed by atoms with van der Waals surface area (Å²) in [7, 11) is 1.86. The van der Waals surface area contributed by atoms with Crippen molar-refractivity contribution in [3.8, 4) is 11.5 Å². The SMILES string of the molecule is CNc1cc(C)c2oc(-c3ccc(F)cc3)nc2c1. The Morgan fingerprint density at radius 2 is 1.89 bits per heavy atom. The Labute approximate surface area is 110 Å². The lowest BCUT2D eigenvalue weighted by atomic mass is 10.2. The van der Waals surface area contributed by atoms with E-state index in [1.165, 1.54) is 12.1 Å². The predicted octanol–water partition coefficient (Wildman–Crippen LogP) is 3.98. The van der Waals surface area contributed by atoms with Gasteiger partial charge in [-0.25, -0.2) is 9.37 Å². The Hall–Kier alpha value is -2.36. The molecule has 0 saturated heterocycles. The quantitative estimate of drug-likeness (QED) is 0.753. The van der Waals surface area contributed by atoms with E-state index in [1.807, 2.05) is 26.1 Å². The molecule has 0 unspecified atom stereocenters. The maximum Gasteiger partial charge on any atom is 0.227 e. The van der Waals surface area contributed by atoms with Crippen molar-refractivity contribution in [2.45, 2.75) is 6.92 Å². The van der Waals surface area contributed by atoms with Crippen LogP contribution in [0.2, 0.25) is 0 Å². The summed E-state index contributed by atoms with van der Waals surface area (Å²) in [4.78, 5) is 4.45. The Morgan fingerprint density at radius 3 is 2.58 bits per heavy atom. The van der Waals surface area contributed by atoms with E-state index in [0.717, 1.165) is 27.9 Å². The normalized spacial score (nSPS) is 10.9. The summed E-state index contributed by atoms with van der Waals surface area (Å²) < 4.78 is 18.7. The maximum absolute atomic E-state index is 12.9. The van der Waals surface area contributed by atoms with Gasteiger partial charge in [-0.05, 0) is 48.9 Å². The number of halogens is 1. The number of aromatic nitrogens is 1. The molecule has 0 radical (unpaired) electrons. The number of anilines is 1. The number of hydrogen-bond donors (Lipinski definition) is 1. The van der Waals surface area contributed by atoms with Gasteiger partial charge in [0.25, 0.3) is 0 Å². The van der Waals surface area contributed by atoms with Crippen LogP contribution >= 0.6 is 0 Å². The minimum atomic E-state index is -0.270. The van der Waals surface area contributed by atoms with E-state index in [1.54, 1.807) is 12.1 Å². The summed E-state index contributed by atoms with van der Waals surface area (Å²) in [5.74, 6) is 0.236. The molecular weight excluding hydrogens is 243 g/mol. The topological polar surface area (TPSA) is 38.1 Å². The van der Waals surface area contributed by atoms with Gasteiger partial charge >= 0.3 is 0 Å². The molecule has 4 heteroatoms. The Kier molecular flexibility index (Phi) is 2.71. The lowest BCUT2D eigenvalue weighted by Gasteiger charge is -2.00. The first-order valence-corrected chi connectivity index (χ1v) is 6.02. The van der Waals surface area contributed by atoms with Gasteiger partial charge in [0.05, 0.1) is 0 Å². The van der Waals surface area contributed by atoms with Crippen molar-refractivity contribution in [3.63, 3.8) is 0 Å². The van der Waals surface area contributed by atoms with Crippen molar-refractivity contribution < 1.29 is 8.81 Å². The summed E-state index contributed by atoms with van der Waals surface area (Å²) in [6, 6.07) is 10.1. The number of oxazole rings is 1. The highest BCUT2D eigenvalue weighted by atomic mass is 19.1. The fraction of sp³-hybridized carbons (Fsp3) is 0.133. The zero-order chi connectivity index (χ0) is 13.4. The molecule has 2 aromatic carbocycles. The minimum absolute atomic E-state index is 0.270. The number of nitrogens with one attached hydrogen (secondary N) is 1. The number of rotatable bonds is 2. The number of benzene rings is 2. The Morgan fingerprint density at radius 1 is 1.16 bits per heavy atom. The van der Waals surface area contributed by atoms with Crippen molar-refractivity contribution in [1.82, 2.24) is 4.98 Å². The third-order valence-electron chi connectivity index (χ3n) is 3.06. The van der Waals surface area contributed by atoms with Gasteiger partial charge in [-0.1, -0.05) is 0 Å². The summed E-state index contributed by atoms with van der Waals surface area (Å²) in [5, 5.41) is 3.09. The minimum Gasteiger partial charge on any atom is -0.436 e. The van der Waals surface area contributed by atoms with Crippen LogP contribution in [0.4, 0.5) is 10.1 Å². The summed E-state index contributed by atoms with van der Waals surface area (Å²) >= 11 is 0. The molecule has 0 aliphatic heterocycles. The molecule has 3 nitrogen and oxygen atoms in total. The standard InChI is InChI=1S/C15H13FN2O/c1-9-7-12(17-2)8-13-14(9)19-15(18-13)10-3-5-11(16)6-4-10/h3-8,17H,1-2H3. The van der Waals surface area contributed by atoms with E-state index >= 15 is 0 Å². The summed E-state index contributed by atoms with van der Waals surface area (Å²) in [6.07, 6.45) is 0. The molecule has 0 bridgehead atoms. The number of hydrogen-bond acceptors (Lipinski definition) is 3. The highest BCUT2D eigenvalue weighted by Gasteiger charge is 2.11. The average Bonchev–Trinajstić information content (AvgIpc) is 2.84. The van der Waals surface area contributed by atoms with Gasteiger partial charge in [0.1, 0.15) is 11.3 Å². The van der Waals surface area contributed by atoms with Crippen LogP contribution in [0.1, 0.15) is 5.56 Å². The molecule has 3 aromatic rings. The summed E-state index contributed by atoms with van der Waals surface area (Å²) in [5.41, 5.74) is 4.33. The monoisotopic (exact) mass is 256 g/mol. The van der Waals surface area contributed by atoms with E-state index in [2.05, 4.69) is 10.3 Å². The molecular formula is C15H13FN2O. The molecule has 0 aliphatic carbocycles. The number of fused-ring (bicyclic) bond motifs is 1. The second-order valence-electron chi connectivity index (χ2n) is 4.42. The zero-order valence-electron chi connectivity index (χ0n) is 10.7. The van der Waals surface area contributed by atoms with Crippen molar-refractivity contribution in [3.05, 3.63) is 47.8 Å². The number of aryl methyl sites for hydroxylation is 1. The fourth-order valence-corrected chi connectivity index (χ4v) is 2.06. The van der Waals surface area contributed by atoms with Crippen LogP contribution in [0, 0.1) is 12.7 Å². The fourth-order valence-electron chi connectivity index (χ4n) is 2.06. The highest BCUT2D eigenvalue weighted by Crippen LogP contribution is 2.28. The zero-order valence-corrected chi connectivity index (χ0v) is 10.7. The van der Waals surface area contributed by atoms with E-state index < -0.39 is 0 Å². The van der Waals surface area contributed by atoms with Crippen LogP contribution < -0.4 is 5.32 Å². The van der Waals surface area contributed by atoms with E-state index in [9.17, 15) is 4.39 Å². The molecule has 0 atom stereocenters. The van der Waals surface area contributed by atoms with Crippen LogP contribution in [0.5, 0.6) is 0 Å². The molecule has 0 saturated carbocycles. The van der Waals surface area contributed by atoms with Gasteiger partial charge in [-0.3, -0.25) is 0 Å². The van der Waals surface area contributed by atoms with Gasteiger partial charge in [-0.15, -0.1) is 0 Å². The Balaban J connectivity index is 2.16. The van der Waals surface area contributed by atoms with Crippen LogP contribution in [0.25, 0.3) is 22.6 Å². The van der Waals surface area contributed by atoms with E-state index in [0.29, 0.717) is 5.89 Å². The van der Waals surface area contributed by atoms with Crippen molar-refractivity contribution in [2.24, 2.45) is 0 Å². The maximum atomic E-state index is 12.9. The highest BCUT2D eigenvalue weighted by molar-refractivity contribution is 5.83. The Bertz CT molecular complexity index is 732. The van der Waals surface area contributed by atoms with Crippen molar-refractivity contribution in [2.75, 3.05) is 12.4 Å². The van der Waals surface area contributed by atoms with Crippen LogP contribution in [0.15, 0.2) is 40.8 Å². The largest absolute Gasteiger partial charge is 0.436 e. The molecule has 0 aliphatic rings. The second kappa shape index (κ2) is 4.39. The van der Waals surface area contributed by atoms with Gasteiger partial charge < -0.3 is 9.73 Å². The second-order valence-corrected chi connectivity index (χ2v) is 4.42. The molecule has 1 aromatic heterocycles. The first kappa shape index (κ1) is 11.7. The van der Waals surface area contributed by atoms with Gasteiger partial charge in [0, 0.05) is 18.3 Å².